The second kappa shape index (κ2) is 12.5. The molecule has 0 aliphatic carbocycles. The molecule has 1 atom stereocenters. The van der Waals surface area contributed by atoms with Crippen LogP contribution in [0.1, 0.15) is 71.9 Å². The first-order valence-electron chi connectivity index (χ1n) is 10.3. The lowest BCUT2D eigenvalue weighted by atomic mass is 10.1. The van der Waals surface area contributed by atoms with Gasteiger partial charge in [0.2, 0.25) is 0 Å². The minimum absolute atomic E-state index is 0.171. The monoisotopic (exact) mass is 394 g/mol. The number of rotatable bonds is 12. The van der Waals surface area contributed by atoms with Crippen LogP contribution in [0.5, 0.6) is 11.5 Å². The molecule has 1 aromatic rings. The summed E-state index contributed by atoms with van der Waals surface area (Å²) in [6.45, 7) is 11.9. The van der Waals surface area contributed by atoms with E-state index < -0.39 is 5.60 Å². The Morgan fingerprint density at radius 1 is 1.11 bits per heavy atom. The van der Waals surface area contributed by atoms with Crippen LogP contribution in [0.3, 0.4) is 0 Å². The van der Waals surface area contributed by atoms with Gasteiger partial charge in [0.1, 0.15) is 5.60 Å². The predicted octanol–water partition coefficient (Wildman–Crippen LogP) is 4.83. The van der Waals surface area contributed by atoms with Crippen LogP contribution in [0.4, 0.5) is 4.79 Å². The van der Waals surface area contributed by atoms with Crippen molar-refractivity contribution in [1.82, 2.24) is 10.6 Å². The summed E-state index contributed by atoms with van der Waals surface area (Å²) >= 11 is 0. The zero-order valence-electron chi connectivity index (χ0n) is 18.4. The van der Waals surface area contributed by atoms with Gasteiger partial charge in [-0.3, -0.25) is 0 Å². The van der Waals surface area contributed by atoms with E-state index >= 15 is 0 Å². The molecular weight excluding hydrogens is 356 g/mol. The minimum Gasteiger partial charge on any atom is -0.493 e. The Morgan fingerprint density at radius 3 is 2.50 bits per heavy atom. The van der Waals surface area contributed by atoms with Gasteiger partial charge in [0, 0.05) is 12.6 Å². The molecule has 6 heteroatoms. The molecule has 1 aromatic carbocycles. The van der Waals surface area contributed by atoms with Crippen molar-refractivity contribution in [1.29, 1.82) is 0 Å². The average molecular weight is 395 g/mol. The van der Waals surface area contributed by atoms with Gasteiger partial charge in [0.15, 0.2) is 11.5 Å². The number of alkyl carbamates (subject to hydrolysis) is 1. The SMILES string of the molecule is CCCCCOc1ccc(C(C)NCCCNC(=O)OC(C)(C)C)cc1OC. The van der Waals surface area contributed by atoms with Crippen molar-refractivity contribution < 1.29 is 19.0 Å². The summed E-state index contributed by atoms with van der Waals surface area (Å²) < 4.78 is 16.5. The van der Waals surface area contributed by atoms with Crippen LogP contribution in [0.15, 0.2) is 18.2 Å². The second-order valence-corrected chi connectivity index (χ2v) is 7.92. The third-order valence-corrected chi connectivity index (χ3v) is 4.17. The molecule has 28 heavy (non-hydrogen) atoms. The molecule has 1 unspecified atom stereocenters. The van der Waals surface area contributed by atoms with Crippen molar-refractivity contribution in [2.75, 3.05) is 26.8 Å². The van der Waals surface area contributed by atoms with Gasteiger partial charge in [-0.1, -0.05) is 25.8 Å². The number of hydrogen-bond donors (Lipinski definition) is 2. The normalized spacial score (nSPS) is 12.4. The minimum atomic E-state index is -0.470. The highest BCUT2D eigenvalue weighted by molar-refractivity contribution is 5.67. The lowest BCUT2D eigenvalue weighted by Gasteiger charge is -2.20. The molecule has 0 heterocycles. The maximum Gasteiger partial charge on any atom is 0.407 e. The predicted molar refractivity (Wildman–Crippen MR) is 113 cm³/mol. The lowest BCUT2D eigenvalue weighted by molar-refractivity contribution is 0.0527. The van der Waals surface area contributed by atoms with E-state index in [1.165, 1.54) is 12.8 Å². The summed E-state index contributed by atoms with van der Waals surface area (Å²) in [5.41, 5.74) is 0.666. The first-order chi connectivity index (χ1) is 13.3. The molecule has 0 saturated heterocycles. The van der Waals surface area contributed by atoms with E-state index in [1.54, 1.807) is 7.11 Å². The van der Waals surface area contributed by atoms with Crippen LogP contribution in [0.2, 0.25) is 0 Å². The van der Waals surface area contributed by atoms with Gasteiger partial charge < -0.3 is 24.8 Å². The number of hydrogen-bond acceptors (Lipinski definition) is 5. The van der Waals surface area contributed by atoms with Gasteiger partial charge >= 0.3 is 6.09 Å². The zero-order valence-corrected chi connectivity index (χ0v) is 18.4. The quantitative estimate of drug-likeness (QED) is 0.497. The number of benzene rings is 1. The Hall–Kier alpha value is -1.95. The Labute approximate surface area is 170 Å². The van der Waals surface area contributed by atoms with Crippen LogP contribution < -0.4 is 20.1 Å². The lowest BCUT2D eigenvalue weighted by Crippen LogP contribution is -2.34. The molecule has 0 spiro atoms. The van der Waals surface area contributed by atoms with Crippen LogP contribution in [-0.4, -0.2) is 38.5 Å². The van der Waals surface area contributed by atoms with E-state index in [0.29, 0.717) is 13.2 Å². The fraction of sp³-hybridized carbons (Fsp3) is 0.682. The molecule has 0 aliphatic heterocycles. The maximum atomic E-state index is 11.6. The number of carbonyl (C=O) groups excluding carboxylic acids is 1. The van der Waals surface area contributed by atoms with Crippen molar-refractivity contribution in [3.8, 4) is 11.5 Å². The Bertz CT molecular complexity index is 584. The van der Waals surface area contributed by atoms with Gasteiger partial charge in [0.05, 0.1) is 13.7 Å². The van der Waals surface area contributed by atoms with Gasteiger partial charge in [0.25, 0.3) is 0 Å². The Morgan fingerprint density at radius 2 is 1.86 bits per heavy atom. The van der Waals surface area contributed by atoms with Crippen LogP contribution in [-0.2, 0) is 4.74 Å². The fourth-order valence-electron chi connectivity index (χ4n) is 2.64. The number of amides is 1. The van der Waals surface area contributed by atoms with Crippen LogP contribution in [0, 0.1) is 0 Å². The highest BCUT2D eigenvalue weighted by atomic mass is 16.6. The molecule has 0 radical (unpaired) electrons. The van der Waals surface area contributed by atoms with Gasteiger partial charge in [-0.25, -0.2) is 4.79 Å². The number of unbranched alkanes of at least 4 members (excludes halogenated alkanes) is 2. The van der Waals surface area contributed by atoms with E-state index in [1.807, 2.05) is 32.9 Å². The molecule has 0 aliphatic rings. The van der Waals surface area contributed by atoms with E-state index in [2.05, 4.69) is 30.5 Å². The third kappa shape index (κ3) is 9.83. The van der Waals surface area contributed by atoms with Crippen molar-refractivity contribution in [3.63, 3.8) is 0 Å². The number of methoxy groups -OCH3 is 1. The largest absolute Gasteiger partial charge is 0.493 e. The van der Waals surface area contributed by atoms with Gasteiger partial charge in [-0.15, -0.1) is 0 Å². The van der Waals surface area contributed by atoms with E-state index in [9.17, 15) is 4.79 Å². The molecule has 160 valence electrons. The molecule has 6 nitrogen and oxygen atoms in total. The highest BCUT2D eigenvalue weighted by Gasteiger charge is 2.15. The van der Waals surface area contributed by atoms with Gasteiger partial charge in [-0.05, 0) is 64.8 Å². The van der Waals surface area contributed by atoms with Crippen molar-refractivity contribution in [2.45, 2.75) is 71.9 Å². The Kier molecular flexibility index (Phi) is 10.8. The van der Waals surface area contributed by atoms with E-state index in [4.69, 9.17) is 14.2 Å². The molecule has 0 bridgehead atoms. The van der Waals surface area contributed by atoms with Gasteiger partial charge in [-0.2, -0.15) is 0 Å². The summed E-state index contributed by atoms with van der Waals surface area (Å²) in [6, 6.07) is 6.23. The first-order valence-corrected chi connectivity index (χ1v) is 10.3. The zero-order chi connectivity index (χ0) is 21.0. The summed E-state index contributed by atoms with van der Waals surface area (Å²) in [5.74, 6) is 1.55. The standard InChI is InChI=1S/C22H38N2O4/c1-7-8-9-15-27-19-12-11-18(16-20(19)26-6)17(2)23-13-10-14-24-21(25)28-22(3,4)5/h11-12,16-17,23H,7-10,13-15H2,1-6H3,(H,24,25). The average Bonchev–Trinajstić information content (AvgIpc) is 2.63. The molecule has 0 aromatic heterocycles. The molecule has 0 saturated carbocycles. The summed E-state index contributed by atoms with van der Waals surface area (Å²) in [7, 11) is 1.67. The molecule has 1 amide bonds. The van der Waals surface area contributed by atoms with Crippen LogP contribution in [0.25, 0.3) is 0 Å². The molecular formula is C22H38N2O4. The topological polar surface area (TPSA) is 68.8 Å². The highest BCUT2D eigenvalue weighted by Crippen LogP contribution is 2.30. The molecule has 0 fully saturated rings. The summed E-state index contributed by atoms with van der Waals surface area (Å²) in [5, 5.41) is 6.23. The molecule has 2 N–H and O–H groups in total. The number of carbonyl (C=O) groups is 1. The van der Waals surface area contributed by atoms with E-state index in [-0.39, 0.29) is 12.1 Å². The summed E-state index contributed by atoms with van der Waals surface area (Å²) in [6.07, 6.45) is 3.84. The third-order valence-electron chi connectivity index (χ3n) is 4.17. The smallest absolute Gasteiger partial charge is 0.407 e. The Balaban J connectivity index is 2.39. The second-order valence-electron chi connectivity index (χ2n) is 7.92. The van der Waals surface area contributed by atoms with Crippen molar-refractivity contribution >= 4 is 6.09 Å². The first kappa shape index (κ1) is 24.1. The maximum absolute atomic E-state index is 11.6. The number of ether oxygens (including phenoxy) is 3. The van der Waals surface area contributed by atoms with Crippen LogP contribution >= 0.6 is 0 Å². The van der Waals surface area contributed by atoms with Crippen molar-refractivity contribution in [3.05, 3.63) is 23.8 Å². The van der Waals surface area contributed by atoms with E-state index in [0.717, 1.165) is 36.4 Å². The van der Waals surface area contributed by atoms with Crippen molar-refractivity contribution in [2.24, 2.45) is 0 Å². The molecule has 1 rings (SSSR count). The summed E-state index contributed by atoms with van der Waals surface area (Å²) in [4.78, 5) is 11.6. The fourth-order valence-corrected chi connectivity index (χ4v) is 2.64. The number of nitrogens with one attached hydrogen (secondary N) is 2.